The number of rotatable bonds is 3. The zero-order valence-electron chi connectivity index (χ0n) is 12.0. The maximum atomic E-state index is 10.5. The molecule has 22 heavy (non-hydrogen) atoms. The van der Waals surface area contributed by atoms with E-state index in [0.29, 0.717) is 6.42 Å². The lowest BCUT2D eigenvalue weighted by Gasteiger charge is -1.97. The smallest absolute Gasteiger partial charge is 0.294 e. The number of nitrogens with one attached hydrogen (secondary N) is 1. The average molecular weight is 385 g/mol. The summed E-state index contributed by atoms with van der Waals surface area (Å²) in [4.78, 5) is -0.0666. The zero-order chi connectivity index (χ0) is 16.8. The Hall–Kier alpha value is -1.70. The van der Waals surface area contributed by atoms with Crippen LogP contribution in [0.25, 0.3) is 0 Å². The van der Waals surface area contributed by atoms with Crippen LogP contribution in [0.4, 0.5) is 0 Å². The van der Waals surface area contributed by atoms with Crippen molar-refractivity contribution in [3.63, 3.8) is 0 Å². The van der Waals surface area contributed by atoms with E-state index in [1.54, 1.807) is 12.1 Å². The normalized spacial score (nSPS) is 10.5. The molecule has 0 aromatic heterocycles. The Labute approximate surface area is 138 Å². The molecule has 0 amide bonds. The van der Waals surface area contributed by atoms with E-state index in [-0.39, 0.29) is 10.7 Å². The molecule has 0 fully saturated rings. The van der Waals surface area contributed by atoms with Crippen LogP contribution in [0, 0.1) is 12.3 Å². The molecule has 0 saturated heterocycles. The largest absolute Gasteiger partial charge is 0.387 e. The number of halogens is 1. The Morgan fingerprint density at radius 3 is 2.05 bits per heavy atom. The van der Waals surface area contributed by atoms with Crippen LogP contribution in [0.3, 0.4) is 0 Å². The number of benzene rings is 2. The quantitative estimate of drug-likeness (QED) is 0.429. The molecular weight excluding hydrogens is 368 g/mol. The van der Waals surface area contributed by atoms with Crippen LogP contribution in [0.5, 0.6) is 0 Å². The molecule has 0 radical (unpaired) electrons. The van der Waals surface area contributed by atoms with Crippen molar-refractivity contribution in [1.29, 1.82) is 5.41 Å². The van der Waals surface area contributed by atoms with Gasteiger partial charge in [-0.25, -0.2) is 0 Å². The van der Waals surface area contributed by atoms with Gasteiger partial charge in [0, 0.05) is 10.9 Å². The van der Waals surface area contributed by atoms with E-state index in [4.69, 9.17) is 15.7 Å². The number of hydrogen-bond acceptors (Lipinski definition) is 3. The second-order valence-corrected chi connectivity index (χ2v) is 6.95. The standard InChI is InChI=1S/C8H9BrN2.C7H8O3S/c9-7-3-1-6(2-4-7)5-8(10)11;1-6-2-4-7(5-3-6)11(8,9)10/h1-4H,5H2,(H3,10,11);2-5H,1H3,(H,8,9,10). The van der Waals surface area contributed by atoms with E-state index < -0.39 is 10.1 Å². The lowest BCUT2D eigenvalue weighted by atomic mass is 10.1. The Balaban J connectivity index is 0.000000220. The summed E-state index contributed by atoms with van der Waals surface area (Å²) in [5.41, 5.74) is 7.26. The first-order valence-corrected chi connectivity index (χ1v) is 8.53. The van der Waals surface area contributed by atoms with Crippen molar-refractivity contribution in [2.75, 3.05) is 0 Å². The van der Waals surface area contributed by atoms with Gasteiger partial charge < -0.3 is 5.73 Å². The molecule has 2 aromatic rings. The second kappa shape index (κ2) is 8.07. The van der Waals surface area contributed by atoms with Crippen LogP contribution in [0.15, 0.2) is 57.9 Å². The van der Waals surface area contributed by atoms with Crippen molar-refractivity contribution in [3.8, 4) is 0 Å². The molecule has 2 rings (SSSR count). The fraction of sp³-hybridized carbons (Fsp3) is 0.133. The van der Waals surface area contributed by atoms with E-state index in [1.807, 2.05) is 31.2 Å². The van der Waals surface area contributed by atoms with Gasteiger partial charge in [0.15, 0.2) is 0 Å². The summed E-state index contributed by atoms with van der Waals surface area (Å²) in [5.74, 6) is 0.201. The van der Waals surface area contributed by atoms with Gasteiger partial charge in [-0.3, -0.25) is 9.96 Å². The summed E-state index contributed by atoms with van der Waals surface area (Å²) < 4.78 is 30.6. The van der Waals surface area contributed by atoms with E-state index in [1.165, 1.54) is 12.1 Å². The van der Waals surface area contributed by atoms with Crippen molar-refractivity contribution >= 4 is 31.9 Å². The minimum Gasteiger partial charge on any atom is -0.387 e. The minimum atomic E-state index is -4.02. The van der Waals surface area contributed by atoms with Crippen molar-refractivity contribution in [2.24, 2.45) is 5.73 Å². The topological polar surface area (TPSA) is 104 Å². The van der Waals surface area contributed by atoms with Gasteiger partial charge in [0.1, 0.15) is 0 Å². The van der Waals surface area contributed by atoms with Crippen LogP contribution < -0.4 is 5.73 Å². The predicted molar refractivity (Wildman–Crippen MR) is 90.8 cm³/mol. The fourth-order valence-electron chi connectivity index (χ4n) is 1.53. The highest BCUT2D eigenvalue weighted by Gasteiger charge is 2.06. The molecule has 0 spiro atoms. The molecular formula is C15H17BrN2O3S. The molecule has 118 valence electrons. The maximum absolute atomic E-state index is 10.5. The Bertz CT molecular complexity index is 726. The van der Waals surface area contributed by atoms with Gasteiger partial charge in [-0.1, -0.05) is 45.8 Å². The molecule has 0 bridgehead atoms. The highest BCUT2D eigenvalue weighted by Crippen LogP contribution is 2.10. The molecule has 4 N–H and O–H groups in total. The molecule has 0 saturated carbocycles. The van der Waals surface area contributed by atoms with Gasteiger partial charge in [-0.05, 0) is 36.8 Å². The van der Waals surface area contributed by atoms with Crippen LogP contribution in [-0.4, -0.2) is 18.8 Å². The summed E-state index contributed by atoms with van der Waals surface area (Å²) in [7, 11) is -4.02. The van der Waals surface area contributed by atoms with E-state index in [9.17, 15) is 8.42 Å². The molecule has 0 heterocycles. The monoisotopic (exact) mass is 384 g/mol. The number of hydrogen-bond donors (Lipinski definition) is 3. The van der Waals surface area contributed by atoms with Crippen molar-refractivity contribution < 1.29 is 13.0 Å². The van der Waals surface area contributed by atoms with Gasteiger partial charge in [-0.2, -0.15) is 8.42 Å². The molecule has 2 aromatic carbocycles. The van der Waals surface area contributed by atoms with Crippen LogP contribution in [0.1, 0.15) is 11.1 Å². The van der Waals surface area contributed by atoms with Crippen molar-refractivity contribution in [2.45, 2.75) is 18.2 Å². The van der Waals surface area contributed by atoms with Gasteiger partial charge in [0.25, 0.3) is 10.1 Å². The van der Waals surface area contributed by atoms with Gasteiger partial charge in [0.05, 0.1) is 10.7 Å². The number of nitrogens with two attached hydrogens (primary N) is 1. The lowest BCUT2D eigenvalue weighted by Crippen LogP contribution is -2.12. The molecule has 0 aliphatic rings. The summed E-state index contributed by atoms with van der Waals surface area (Å²) in [6.45, 7) is 1.84. The fourth-order valence-corrected chi connectivity index (χ4v) is 2.28. The Morgan fingerprint density at radius 1 is 1.14 bits per heavy atom. The molecule has 0 unspecified atom stereocenters. The predicted octanol–water partition coefficient (Wildman–Crippen LogP) is 3.17. The van der Waals surface area contributed by atoms with Crippen LogP contribution in [0.2, 0.25) is 0 Å². The van der Waals surface area contributed by atoms with Crippen LogP contribution >= 0.6 is 15.9 Å². The first-order chi connectivity index (χ1) is 10.2. The van der Waals surface area contributed by atoms with Gasteiger partial charge >= 0.3 is 0 Å². The third kappa shape index (κ3) is 6.84. The Kier molecular flexibility index (Phi) is 6.73. The first kappa shape index (κ1) is 18.3. The maximum Gasteiger partial charge on any atom is 0.294 e. The molecule has 0 aliphatic heterocycles. The zero-order valence-corrected chi connectivity index (χ0v) is 14.4. The highest BCUT2D eigenvalue weighted by atomic mass is 79.9. The average Bonchev–Trinajstić information content (AvgIpc) is 2.41. The highest BCUT2D eigenvalue weighted by molar-refractivity contribution is 9.10. The molecule has 7 heteroatoms. The lowest BCUT2D eigenvalue weighted by molar-refractivity contribution is 0.483. The molecule has 5 nitrogen and oxygen atoms in total. The molecule has 0 aliphatic carbocycles. The van der Waals surface area contributed by atoms with E-state index in [2.05, 4.69) is 15.9 Å². The number of aryl methyl sites for hydroxylation is 1. The van der Waals surface area contributed by atoms with E-state index >= 15 is 0 Å². The minimum absolute atomic E-state index is 0.0666. The van der Waals surface area contributed by atoms with Gasteiger partial charge in [-0.15, -0.1) is 0 Å². The van der Waals surface area contributed by atoms with E-state index in [0.717, 1.165) is 15.6 Å². The Morgan fingerprint density at radius 2 is 1.64 bits per heavy atom. The number of amidine groups is 1. The molecule has 0 atom stereocenters. The summed E-state index contributed by atoms with van der Waals surface area (Å²) in [5, 5.41) is 7.05. The van der Waals surface area contributed by atoms with Gasteiger partial charge in [0.2, 0.25) is 0 Å². The SMILES string of the molecule is Cc1ccc(S(=O)(=O)O)cc1.N=C(N)Cc1ccc(Br)cc1. The third-order valence-electron chi connectivity index (χ3n) is 2.63. The summed E-state index contributed by atoms with van der Waals surface area (Å²) in [6, 6.07) is 13.8. The first-order valence-electron chi connectivity index (χ1n) is 6.30. The van der Waals surface area contributed by atoms with Crippen molar-refractivity contribution in [3.05, 3.63) is 64.1 Å². The summed E-state index contributed by atoms with van der Waals surface area (Å²) >= 11 is 3.33. The summed E-state index contributed by atoms with van der Waals surface area (Å²) in [6.07, 6.45) is 0.535. The van der Waals surface area contributed by atoms with Crippen LogP contribution in [-0.2, 0) is 16.5 Å². The van der Waals surface area contributed by atoms with Crippen molar-refractivity contribution in [1.82, 2.24) is 0 Å². The second-order valence-electron chi connectivity index (χ2n) is 4.62. The third-order valence-corrected chi connectivity index (χ3v) is 4.02.